The van der Waals surface area contributed by atoms with Crippen molar-refractivity contribution in [2.45, 2.75) is 19.4 Å². The highest BCUT2D eigenvalue weighted by Crippen LogP contribution is 2.28. The van der Waals surface area contributed by atoms with Crippen molar-refractivity contribution in [3.05, 3.63) is 65.4 Å². The summed E-state index contributed by atoms with van der Waals surface area (Å²) in [6, 6.07) is 13.9. The van der Waals surface area contributed by atoms with Crippen LogP contribution in [0.4, 0.5) is 11.6 Å². The van der Waals surface area contributed by atoms with E-state index in [4.69, 9.17) is 27.1 Å². The van der Waals surface area contributed by atoms with E-state index >= 15 is 0 Å². The predicted octanol–water partition coefficient (Wildman–Crippen LogP) is 4.95. The van der Waals surface area contributed by atoms with Crippen molar-refractivity contribution in [3.63, 3.8) is 0 Å². The largest absolute Gasteiger partial charge is 0.424 e. The van der Waals surface area contributed by atoms with Crippen LogP contribution in [0.1, 0.15) is 24.9 Å². The fourth-order valence-electron chi connectivity index (χ4n) is 3.14. The van der Waals surface area contributed by atoms with Crippen molar-refractivity contribution in [3.8, 4) is 11.8 Å². The first kappa shape index (κ1) is 19.0. The third-order valence-corrected chi connectivity index (χ3v) is 4.90. The van der Waals surface area contributed by atoms with Gasteiger partial charge in [-0.05, 0) is 42.3 Å². The van der Waals surface area contributed by atoms with Crippen LogP contribution in [-0.2, 0) is 7.05 Å². The Labute approximate surface area is 173 Å². The topological polar surface area (TPSA) is 90.9 Å². The molecule has 0 aliphatic rings. The average Bonchev–Trinajstić information content (AvgIpc) is 3.03. The van der Waals surface area contributed by atoms with Crippen LogP contribution in [0.15, 0.2) is 54.9 Å². The third kappa shape index (κ3) is 4.09. The van der Waals surface area contributed by atoms with Crippen LogP contribution < -0.4 is 15.8 Å². The zero-order chi connectivity index (χ0) is 20.4. The minimum atomic E-state index is 0.101. The lowest BCUT2D eigenvalue weighted by molar-refractivity contribution is 0.441. The molecule has 0 bridgehead atoms. The average molecular weight is 409 g/mol. The number of benzene rings is 2. The first-order valence-electron chi connectivity index (χ1n) is 9.27. The van der Waals surface area contributed by atoms with Crippen LogP contribution in [0.2, 0.25) is 5.02 Å². The van der Waals surface area contributed by atoms with E-state index in [9.17, 15) is 0 Å². The first-order chi connectivity index (χ1) is 14.0. The van der Waals surface area contributed by atoms with Gasteiger partial charge in [-0.25, -0.2) is 15.0 Å². The lowest BCUT2D eigenvalue weighted by atomic mass is 10.0. The number of aromatic nitrogens is 4. The number of imidazole rings is 1. The smallest absolute Gasteiger partial charge is 0.321 e. The Hall–Kier alpha value is -3.32. The molecular formula is C21H21ClN6O. The van der Waals surface area contributed by atoms with Crippen molar-refractivity contribution in [2.24, 2.45) is 7.05 Å². The molecule has 0 saturated heterocycles. The van der Waals surface area contributed by atoms with E-state index in [0.717, 1.165) is 34.7 Å². The molecule has 8 heteroatoms. The van der Waals surface area contributed by atoms with E-state index in [1.165, 1.54) is 12.4 Å². The second-order valence-corrected chi connectivity index (χ2v) is 7.14. The van der Waals surface area contributed by atoms with E-state index < -0.39 is 0 Å². The normalized spacial score (nSPS) is 12.1. The molecule has 3 N–H and O–H groups in total. The fraction of sp³-hybridized carbons (Fsp3) is 0.190. The SMILES string of the molecule is CCC(Nc1nc2ccc(N)cc2n1C)c1ccc(Oc2ncc(Cl)cn2)cc1. The van der Waals surface area contributed by atoms with Gasteiger partial charge in [0.05, 0.1) is 34.5 Å². The second-order valence-electron chi connectivity index (χ2n) is 6.70. The van der Waals surface area contributed by atoms with Gasteiger partial charge in [0.15, 0.2) is 0 Å². The summed E-state index contributed by atoms with van der Waals surface area (Å²) in [5, 5.41) is 4.00. The zero-order valence-electron chi connectivity index (χ0n) is 16.1. The maximum atomic E-state index is 5.91. The number of anilines is 2. The van der Waals surface area contributed by atoms with Gasteiger partial charge in [0, 0.05) is 12.7 Å². The summed E-state index contributed by atoms with van der Waals surface area (Å²) in [4.78, 5) is 12.8. The minimum Gasteiger partial charge on any atom is -0.424 e. The molecule has 0 radical (unpaired) electrons. The molecule has 1 atom stereocenters. The molecular weight excluding hydrogens is 388 g/mol. The summed E-state index contributed by atoms with van der Waals surface area (Å²) in [5.41, 5.74) is 9.66. The van der Waals surface area contributed by atoms with Crippen molar-refractivity contribution in [2.75, 3.05) is 11.1 Å². The van der Waals surface area contributed by atoms with Gasteiger partial charge in [-0.3, -0.25) is 0 Å². The number of nitrogens with zero attached hydrogens (tertiary/aromatic N) is 4. The molecule has 2 aromatic heterocycles. The monoisotopic (exact) mass is 408 g/mol. The highest BCUT2D eigenvalue weighted by atomic mass is 35.5. The number of nitrogens with one attached hydrogen (secondary N) is 1. The van der Waals surface area contributed by atoms with Crippen molar-refractivity contribution < 1.29 is 4.74 Å². The molecule has 0 amide bonds. The van der Waals surface area contributed by atoms with Crippen LogP contribution in [0.25, 0.3) is 11.0 Å². The molecule has 2 heterocycles. The van der Waals surface area contributed by atoms with Gasteiger partial charge < -0.3 is 20.4 Å². The van der Waals surface area contributed by atoms with Crippen molar-refractivity contribution in [1.82, 2.24) is 19.5 Å². The van der Waals surface area contributed by atoms with Crippen molar-refractivity contribution >= 4 is 34.3 Å². The molecule has 2 aromatic carbocycles. The Balaban J connectivity index is 1.52. The maximum Gasteiger partial charge on any atom is 0.321 e. The van der Waals surface area contributed by atoms with Crippen molar-refractivity contribution in [1.29, 1.82) is 0 Å². The summed E-state index contributed by atoms with van der Waals surface area (Å²) in [7, 11) is 1.98. The van der Waals surface area contributed by atoms with Gasteiger partial charge >= 0.3 is 6.01 Å². The standard InChI is InChI=1S/C21H21ClN6O/c1-3-17(26-20-27-18-9-6-15(23)10-19(18)28(20)2)13-4-7-16(8-5-13)29-21-24-11-14(22)12-25-21/h4-12,17H,3,23H2,1-2H3,(H,26,27). The number of nitrogens with two attached hydrogens (primary N) is 1. The van der Waals surface area contributed by atoms with E-state index in [1.54, 1.807) is 0 Å². The summed E-state index contributed by atoms with van der Waals surface area (Å²) in [6.45, 7) is 2.13. The van der Waals surface area contributed by atoms with Gasteiger partial charge in [-0.2, -0.15) is 0 Å². The van der Waals surface area contributed by atoms with Gasteiger partial charge in [-0.15, -0.1) is 0 Å². The number of fused-ring (bicyclic) bond motifs is 1. The molecule has 1 unspecified atom stereocenters. The Morgan fingerprint density at radius 2 is 1.86 bits per heavy atom. The fourth-order valence-corrected chi connectivity index (χ4v) is 3.24. The lowest BCUT2D eigenvalue weighted by Gasteiger charge is -2.18. The highest BCUT2D eigenvalue weighted by Gasteiger charge is 2.14. The molecule has 4 rings (SSSR count). The summed E-state index contributed by atoms with van der Waals surface area (Å²) >= 11 is 5.80. The predicted molar refractivity (Wildman–Crippen MR) is 115 cm³/mol. The number of aryl methyl sites for hydroxylation is 1. The van der Waals surface area contributed by atoms with E-state index in [0.29, 0.717) is 10.8 Å². The maximum absolute atomic E-state index is 5.91. The number of nitrogen functional groups attached to an aromatic ring is 1. The van der Waals surface area contributed by atoms with Gasteiger partial charge in [0.1, 0.15) is 5.75 Å². The third-order valence-electron chi connectivity index (χ3n) is 4.70. The highest BCUT2D eigenvalue weighted by molar-refractivity contribution is 6.30. The molecule has 4 aromatic rings. The molecule has 0 spiro atoms. The van der Waals surface area contributed by atoms with E-state index in [-0.39, 0.29) is 12.1 Å². The molecule has 0 fully saturated rings. The molecule has 148 valence electrons. The van der Waals surface area contributed by atoms with Crippen LogP contribution in [0.3, 0.4) is 0 Å². The second kappa shape index (κ2) is 7.97. The molecule has 0 aliphatic heterocycles. The summed E-state index contributed by atoms with van der Waals surface area (Å²) in [6.07, 6.45) is 3.89. The number of ether oxygens (including phenoxy) is 1. The van der Waals surface area contributed by atoms with E-state index in [1.807, 2.05) is 54.1 Å². The Bertz CT molecular complexity index is 1120. The molecule has 7 nitrogen and oxygen atoms in total. The summed E-state index contributed by atoms with van der Waals surface area (Å²) in [5.74, 6) is 1.46. The number of hydrogen-bond donors (Lipinski definition) is 2. The Morgan fingerprint density at radius 1 is 1.14 bits per heavy atom. The van der Waals surface area contributed by atoms with Crippen LogP contribution in [0, 0.1) is 0 Å². The zero-order valence-corrected chi connectivity index (χ0v) is 16.9. The van der Waals surface area contributed by atoms with Crippen LogP contribution in [-0.4, -0.2) is 19.5 Å². The van der Waals surface area contributed by atoms with Gasteiger partial charge in [-0.1, -0.05) is 30.7 Å². The van der Waals surface area contributed by atoms with Crippen LogP contribution in [0.5, 0.6) is 11.8 Å². The quantitative estimate of drug-likeness (QED) is 0.438. The number of hydrogen-bond acceptors (Lipinski definition) is 6. The van der Waals surface area contributed by atoms with Gasteiger partial charge in [0.2, 0.25) is 5.95 Å². The van der Waals surface area contributed by atoms with Crippen LogP contribution >= 0.6 is 11.6 Å². The first-order valence-corrected chi connectivity index (χ1v) is 9.65. The number of rotatable bonds is 6. The molecule has 29 heavy (non-hydrogen) atoms. The summed E-state index contributed by atoms with van der Waals surface area (Å²) < 4.78 is 7.68. The number of halogens is 1. The molecule has 0 aliphatic carbocycles. The Morgan fingerprint density at radius 3 is 2.55 bits per heavy atom. The molecule has 0 saturated carbocycles. The Kier molecular flexibility index (Phi) is 5.22. The van der Waals surface area contributed by atoms with Gasteiger partial charge in [0.25, 0.3) is 0 Å². The minimum absolute atomic E-state index is 0.101. The lowest BCUT2D eigenvalue weighted by Crippen LogP contribution is -2.12. The van der Waals surface area contributed by atoms with E-state index in [2.05, 4.69) is 22.2 Å².